The number of rotatable bonds is 5. The van der Waals surface area contributed by atoms with Gasteiger partial charge in [0.1, 0.15) is 11.9 Å². The highest BCUT2D eigenvalue weighted by Gasteiger charge is 2.35. The van der Waals surface area contributed by atoms with Gasteiger partial charge in [-0.25, -0.2) is 4.39 Å². The lowest BCUT2D eigenvalue weighted by atomic mass is 9.93. The first kappa shape index (κ1) is 17.6. The van der Waals surface area contributed by atoms with Gasteiger partial charge in [-0.2, -0.15) is 11.8 Å². The molecule has 1 saturated heterocycles. The summed E-state index contributed by atoms with van der Waals surface area (Å²) in [4.78, 5) is 12.4. The first-order chi connectivity index (χ1) is 10.3. The Bertz CT molecular complexity index is 553. The lowest BCUT2D eigenvalue weighted by Crippen LogP contribution is -2.45. The molecule has 1 heterocycles. The van der Waals surface area contributed by atoms with E-state index in [0.717, 1.165) is 12.2 Å². The van der Waals surface area contributed by atoms with Crippen molar-refractivity contribution in [3.05, 3.63) is 34.6 Å². The van der Waals surface area contributed by atoms with Crippen LogP contribution in [0.1, 0.15) is 31.9 Å². The van der Waals surface area contributed by atoms with Gasteiger partial charge in [-0.05, 0) is 30.4 Å². The molecule has 3 nitrogen and oxygen atoms in total. The third-order valence-electron chi connectivity index (χ3n) is 3.80. The van der Waals surface area contributed by atoms with E-state index in [2.05, 4.69) is 5.32 Å². The van der Waals surface area contributed by atoms with Crippen molar-refractivity contribution in [3.63, 3.8) is 0 Å². The van der Waals surface area contributed by atoms with E-state index >= 15 is 0 Å². The predicted octanol–water partition coefficient (Wildman–Crippen LogP) is 3.81. The third-order valence-corrected chi connectivity index (χ3v) is 5.12. The van der Waals surface area contributed by atoms with Crippen LogP contribution in [0.3, 0.4) is 0 Å². The Balaban J connectivity index is 2.10. The molecule has 22 heavy (non-hydrogen) atoms. The second kappa shape index (κ2) is 7.20. The van der Waals surface area contributed by atoms with E-state index in [4.69, 9.17) is 16.3 Å². The molecule has 2 atom stereocenters. The first-order valence-corrected chi connectivity index (χ1v) is 8.99. The summed E-state index contributed by atoms with van der Waals surface area (Å²) in [6, 6.07) is 4.50. The van der Waals surface area contributed by atoms with Crippen LogP contribution in [-0.4, -0.2) is 30.6 Å². The molecule has 1 aliphatic rings. The van der Waals surface area contributed by atoms with Gasteiger partial charge in [0.15, 0.2) is 0 Å². The Morgan fingerprint density at radius 2 is 2.27 bits per heavy atom. The molecule has 0 saturated carbocycles. The van der Waals surface area contributed by atoms with E-state index in [-0.39, 0.29) is 23.1 Å². The van der Waals surface area contributed by atoms with E-state index in [1.807, 2.05) is 20.1 Å². The molecule has 0 spiro atoms. The molecule has 1 aromatic carbocycles. The molecule has 1 amide bonds. The maximum Gasteiger partial charge on any atom is 0.226 e. The average Bonchev–Trinajstić information content (AvgIpc) is 2.90. The van der Waals surface area contributed by atoms with Crippen LogP contribution in [0.4, 0.5) is 4.39 Å². The van der Waals surface area contributed by atoms with E-state index in [9.17, 15) is 9.18 Å². The van der Waals surface area contributed by atoms with E-state index in [1.54, 1.807) is 17.8 Å². The van der Waals surface area contributed by atoms with E-state index in [0.29, 0.717) is 12.2 Å². The Hall–Kier alpha value is -0.780. The number of nitrogens with one attached hydrogen (secondary N) is 1. The lowest BCUT2D eigenvalue weighted by molar-refractivity contribution is -0.129. The fourth-order valence-electron chi connectivity index (χ4n) is 2.55. The fraction of sp³-hybridized carbons (Fsp3) is 0.562. The smallest absolute Gasteiger partial charge is 0.226 e. The van der Waals surface area contributed by atoms with Gasteiger partial charge in [0, 0.05) is 12.4 Å². The summed E-state index contributed by atoms with van der Waals surface area (Å²) in [5.74, 6) is 0.270. The number of hydrogen-bond acceptors (Lipinski definition) is 3. The molecule has 122 valence electrons. The summed E-state index contributed by atoms with van der Waals surface area (Å²) in [6.07, 6.45) is 2.36. The maximum atomic E-state index is 13.6. The number of hydrogen-bond donors (Lipinski definition) is 1. The van der Waals surface area contributed by atoms with Gasteiger partial charge in [-0.1, -0.05) is 31.5 Å². The van der Waals surface area contributed by atoms with Crippen LogP contribution >= 0.6 is 23.4 Å². The van der Waals surface area contributed by atoms with Crippen LogP contribution in [0.5, 0.6) is 0 Å². The van der Waals surface area contributed by atoms with Crippen molar-refractivity contribution in [2.75, 3.05) is 18.6 Å². The van der Waals surface area contributed by atoms with Gasteiger partial charge in [0.2, 0.25) is 5.91 Å². The molecule has 0 aromatic heterocycles. The average molecular weight is 346 g/mol. The van der Waals surface area contributed by atoms with Gasteiger partial charge < -0.3 is 10.1 Å². The largest absolute Gasteiger partial charge is 0.371 e. The number of carbonyl (C=O) groups excluding carboxylic acids is 1. The van der Waals surface area contributed by atoms with E-state index in [1.165, 1.54) is 12.1 Å². The number of halogens is 2. The molecular weight excluding hydrogens is 325 g/mol. The number of thioether (sulfide) groups is 1. The summed E-state index contributed by atoms with van der Waals surface area (Å²) < 4.78 is 19.3. The highest BCUT2D eigenvalue weighted by molar-refractivity contribution is 7.98. The first-order valence-electron chi connectivity index (χ1n) is 7.21. The van der Waals surface area contributed by atoms with Crippen LogP contribution in [0.15, 0.2) is 18.2 Å². The van der Waals surface area contributed by atoms with Crippen LogP contribution in [-0.2, 0) is 9.53 Å². The molecule has 0 aliphatic carbocycles. The maximum absolute atomic E-state index is 13.6. The lowest BCUT2D eigenvalue weighted by Gasteiger charge is -2.27. The SMILES string of the molecule is CSCC(C)(C)C(=O)N[C@@H]1CCO[C@H]1c1ccc(Cl)c(F)c1. The molecule has 0 unspecified atom stereocenters. The fourth-order valence-corrected chi connectivity index (χ4v) is 3.52. The second-order valence-corrected chi connectivity index (χ2v) is 7.42. The summed E-state index contributed by atoms with van der Waals surface area (Å²) in [5, 5.41) is 3.14. The molecule has 1 aromatic rings. The third kappa shape index (κ3) is 3.94. The van der Waals surface area contributed by atoms with Crippen LogP contribution in [0.25, 0.3) is 0 Å². The zero-order chi connectivity index (χ0) is 16.3. The molecular formula is C16H21ClFNO2S. The van der Waals surface area contributed by atoms with Gasteiger partial charge in [-0.15, -0.1) is 0 Å². The summed E-state index contributed by atoms with van der Waals surface area (Å²) >= 11 is 7.35. The molecule has 0 radical (unpaired) electrons. The van der Waals surface area contributed by atoms with Crippen LogP contribution in [0, 0.1) is 11.2 Å². The number of benzene rings is 1. The highest BCUT2D eigenvalue weighted by Crippen LogP contribution is 2.32. The molecule has 1 aliphatic heterocycles. The van der Waals surface area contributed by atoms with Crippen molar-refractivity contribution in [3.8, 4) is 0 Å². The zero-order valence-electron chi connectivity index (χ0n) is 13.0. The van der Waals surface area contributed by atoms with Crippen molar-refractivity contribution < 1.29 is 13.9 Å². The van der Waals surface area contributed by atoms with Crippen molar-refractivity contribution in [2.24, 2.45) is 5.41 Å². The Morgan fingerprint density at radius 3 is 2.91 bits per heavy atom. The van der Waals surface area contributed by atoms with Gasteiger partial charge in [0.25, 0.3) is 0 Å². The quantitative estimate of drug-likeness (QED) is 0.881. The van der Waals surface area contributed by atoms with Crippen molar-refractivity contribution in [1.82, 2.24) is 5.32 Å². The van der Waals surface area contributed by atoms with Gasteiger partial charge in [0.05, 0.1) is 16.5 Å². The van der Waals surface area contributed by atoms with Crippen LogP contribution in [0.2, 0.25) is 5.02 Å². The normalized spacial score (nSPS) is 21.9. The molecule has 6 heteroatoms. The minimum Gasteiger partial charge on any atom is -0.371 e. The number of ether oxygens (including phenoxy) is 1. The standard InChI is InChI=1S/C16H21ClFNO2S/c1-16(2,9-22-3)15(20)19-13-6-7-21-14(13)10-4-5-11(17)12(18)8-10/h4-5,8,13-14H,6-7,9H2,1-3H3,(H,19,20)/t13-,14+/m1/s1. The second-order valence-electron chi connectivity index (χ2n) is 6.15. The summed E-state index contributed by atoms with van der Waals surface area (Å²) in [6.45, 7) is 4.39. The molecule has 0 bridgehead atoms. The summed E-state index contributed by atoms with van der Waals surface area (Å²) in [7, 11) is 0. The molecule has 1 N–H and O–H groups in total. The van der Waals surface area contributed by atoms with Crippen LogP contribution < -0.4 is 5.32 Å². The zero-order valence-corrected chi connectivity index (χ0v) is 14.6. The number of carbonyl (C=O) groups is 1. The van der Waals surface area contributed by atoms with Crippen molar-refractivity contribution in [2.45, 2.75) is 32.4 Å². The highest BCUT2D eigenvalue weighted by atomic mass is 35.5. The molecule has 2 rings (SSSR count). The Morgan fingerprint density at radius 1 is 1.55 bits per heavy atom. The predicted molar refractivity (Wildman–Crippen MR) is 88.8 cm³/mol. The summed E-state index contributed by atoms with van der Waals surface area (Å²) in [5.41, 5.74) is 0.255. The monoisotopic (exact) mass is 345 g/mol. The molecule has 1 fully saturated rings. The number of amides is 1. The van der Waals surface area contributed by atoms with E-state index < -0.39 is 11.2 Å². The van der Waals surface area contributed by atoms with Crippen molar-refractivity contribution in [1.29, 1.82) is 0 Å². The topological polar surface area (TPSA) is 38.3 Å². The Labute approximate surface area is 139 Å². The minimum atomic E-state index is -0.470. The van der Waals surface area contributed by atoms with Gasteiger partial charge in [-0.3, -0.25) is 4.79 Å². The minimum absolute atomic E-state index is 0.00298. The Kier molecular flexibility index (Phi) is 5.75. The van der Waals surface area contributed by atoms with Crippen molar-refractivity contribution >= 4 is 29.3 Å². The van der Waals surface area contributed by atoms with Gasteiger partial charge >= 0.3 is 0 Å².